The second-order valence-corrected chi connectivity index (χ2v) is 6.20. The molecule has 0 radical (unpaired) electrons. The van der Waals surface area contributed by atoms with Crippen LogP contribution in [0.4, 0.5) is 4.79 Å². The van der Waals surface area contributed by atoms with Gasteiger partial charge in [-0.2, -0.15) is 0 Å². The summed E-state index contributed by atoms with van der Waals surface area (Å²) in [5.74, 6) is 0.164. The van der Waals surface area contributed by atoms with Gasteiger partial charge in [0, 0.05) is 46.3 Å². The number of carbonyl (C=O) groups is 2. The Morgan fingerprint density at radius 3 is 2.33 bits per heavy atom. The number of carbonyl (C=O) groups excluding carboxylic acids is 1. The maximum Gasteiger partial charge on any atom is 0.320 e. The number of carboxylic acids is 1. The molecule has 2 heterocycles. The Morgan fingerprint density at radius 2 is 1.71 bits per heavy atom. The third-order valence-corrected chi connectivity index (χ3v) is 4.61. The lowest BCUT2D eigenvalue weighted by molar-refractivity contribution is -0.137. The van der Waals surface area contributed by atoms with Crippen molar-refractivity contribution in [1.82, 2.24) is 9.80 Å². The number of urea groups is 1. The van der Waals surface area contributed by atoms with Gasteiger partial charge in [0.25, 0.3) is 0 Å². The number of hydrogen-bond acceptors (Lipinski definition) is 3. The fourth-order valence-electron chi connectivity index (χ4n) is 3.30. The molecule has 2 aliphatic rings. The summed E-state index contributed by atoms with van der Waals surface area (Å²) in [5, 5.41) is 8.72. The fourth-order valence-corrected chi connectivity index (χ4v) is 3.30. The van der Waals surface area contributed by atoms with Gasteiger partial charge in [-0.3, -0.25) is 4.79 Å². The SMILES string of the molecule is COCC1CCN(C(=O)N2CCC(CCC(=O)O)C2)CC1. The Bertz CT molecular complexity index is 367. The number of likely N-dealkylation sites (tertiary alicyclic amines) is 2. The van der Waals surface area contributed by atoms with Crippen LogP contribution in [0.25, 0.3) is 0 Å². The van der Waals surface area contributed by atoms with Crippen LogP contribution in [0.15, 0.2) is 0 Å². The van der Waals surface area contributed by atoms with Crippen molar-refractivity contribution in [2.75, 3.05) is 39.9 Å². The molecule has 0 aliphatic carbocycles. The quantitative estimate of drug-likeness (QED) is 0.838. The van der Waals surface area contributed by atoms with Gasteiger partial charge in [-0.15, -0.1) is 0 Å². The summed E-state index contributed by atoms with van der Waals surface area (Å²) in [6.07, 6.45) is 3.83. The monoisotopic (exact) mass is 298 g/mol. The van der Waals surface area contributed by atoms with Crippen molar-refractivity contribution in [3.63, 3.8) is 0 Å². The molecule has 21 heavy (non-hydrogen) atoms. The summed E-state index contributed by atoms with van der Waals surface area (Å²) < 4.78 is 5.18. The molecule has 2 saturated heterocycles. The van der Waals surface area contributed by atoms with Crippen LogP contribution in [0.5, 0.6) is 0 Å². The summed E-state index contributed by atoms with van der Waals surface area (Å²) in [7, 11) is 1.72. The number of amides is 2. The Labute approximate surface area is 126 Å². The molecule has 1 unspecified atom stereocenters. The molecule has 120 valence electrons. The Balaban J connectivity index is 1.73. The molecule has 1 N–H and O–H groups in total. The molecule has 0 spiro atoms. The van der Waals surface area contributed by atoms with E-state index in [4.69, 9.17) is 9.84 Å². The highest BCUT2D eigenvalue weighted by Gasteiger charge is 2.31. The molecule has 0 aromatic rings. The lowest BCUT2D eigenvalue weighted by Gasteiger charge is -2.34. The lowest BCUT2D eigenvalue weighted by Crippen LogP contribution is -2.46. The molecule has 0 bridgehead atoms. The van der Waals surface area contributed by atoms with Gasteiger partial charge in [0.1, 0.15) is 0 Å². The maximum atomic E-state index is 12.5. The third kappa shape index (κ3) is 4.59. The van der Waals surface area contributed by atoms with Gasteiger partial charge in [0.2, 0.25) is 0 Å². The van der Waals surface area contributed by atoms with Crippen molar-refractivity contribution >= 4 is 12.0 Å². The number of carboxylic acid groups (broad SMARTS) is 1. The standard InChI is InChI=1S/C15H26N2O4/c1-21-11-13-5-7-16(8-6-13)15(20)17-9-4-12(10-17)2-3-14(18)19/h12-13H,2-11H2,1H3,(H,18,19). The molecule has 0 saturated carbocycles. The summed E-state index contributed by atoms with van der Waals surface area (Å²) in [6, 6.07) is 0.128. The van der Waals surface area contributed by atoms with Gasteiger partial charge < -0.3 is 19.6 Å². The van der Waals surface area contributed by atoms with E-state index in [1.54, 1.807) is 7.11 Å². The Morgan fingerprint density at radius 1 is 1.10 bits per heavy atom. The van der Waals surface area contributed by atoms with Crippen molar-refractivity contribution in [1.29, 1.82) is 0 Å². The van der Waals surface area contributed by atoms with E-state index in [0.717, 1.165) is 45.5 Å². The van der Waals surface area contributed by atoms with E-state index in [1.807, 2.05) is 9.80 Å². The zero-order valence-corrected chi connectivity index (χ0v) is 12.8. The molecule has 2 amide bonds. The lowest BCUT2D eigenvalue weighted by atomic mass is 9.98. The van der Waals surface area contributed by atoms with Gasteiger partial charge in [-0.1, -0.05) is 0 Å². The average Bonchev–Trinajstić information content (AvgIpc) is 2.94. The summed E-state index contributed by atoms with van der Waals surface area (Å²) in [5.41, 5.74) is 0. The van der Waals surface area contributed by atoms with Crippen LogP contribution in [-0.2, 0) is 9.53 Å². The fraction of sp³-hybridized carbons (Fsp3) is 0.867. The van der Waals surface area contributed by atoms with Crippen molar-refractivity contribution < 1.29 is 19.4 Å². The van der Waals surface area contributed by atoms with E-state index in [1.165, 1.54) is 0 Å². The largest absolute Gasteiger partial charge is 0.481 e. The Kier molecular flexibility index (Phi) is 5.85. The van der Waals surface area contributed by atoms with Gasteiger partial charge in [0.15, 0.2) is 0 Å². The summed E-state index contributed by atoms with van der Waals surface area (Å²) in [6.45, 7) is 3.88. The number of methoxy groups -OCH3 is 1. The first-order valence-electron chi connectivity index (χ1n) is 7.84. The number of hydrogen-bond donors (Lipinski definition) is 1. The molecule has 0 aromatic carbocycles. The van der Waals surface area contributed by atoms with Crippen molar-refractivity contribution in [2.24, 2.45) is 11.8 Å². The van der Waals surface area contributed by atoms with Crippen LogP contribution < -0.4 is 0 Å². The molecule has 2 aliphatic heterocycles. The molecular formula is C15H26N2O4. The zero-order chi connectivity index (χ0) is 15.2. The van der Waals surface area contributed by atoms with Crippen LogP contribution in [0.1, 0.15) is 32.1 Å². The number of ether oxygens (including phenoxy) is 1. The molecule has 1 atom stereocenters. The molecule has 0 aromatic heterocycles. The van der Waals surface area contributed by atoms with Crippen LogP contribution in [0, 0.1) is 11.8 Å². The first kappa shape index (κ1) is 16.1. The Hall–Kier alpha value is -1.30. The molecule has 6 nitrogen and oxygen atoms in total. The third-order valence-electron chi connectivity index (χ3n) is 4.61. The number of rotatable bonds is 5. The highest BCUT2D eigenvalue weighted by atomic mass is 16.5. The van der Waals surface area contributed by atoms with Crippen LogP contribution >= 0.6 is 0 Å². The van der Waals surface area contributed by atoms with Crippen LogP contribution in [0.2, 0.25) is 0 Å². The predicted octanol–water partition coefficient (Wildman–Crippen LogP) is 1.65. The zero-order valence-electron chi connectivity index (χ0n) is 12.8. The number of nitrogens with zero attached hydrogens (tertiary/aromatic N) is 2. The second-order valence-electron chi connectivity index (χ2n) is 6.20. The second kappa shape index (κ2) is 7.64. The van der Waals surface area contributed by atoms with Crippen molar-refractivity contribution in [2.45, 2.75) is 32.1 Å². The maximum absolute atomic E-state index is 12.5. The highest BCUT2D eigenvalue weighted by Crippen LogP contribution is 2.24. The number of aliphatic carboxylic acids is 1. The molecule has 6 heteroatoms. The van der Waals surface area contributed by atoms with Crippen LogP contribution in [-0.4, -0.2) is 66.8 Å². The average molecular weight is 298 g/mol. The van der Waals surface area contributed by atoms with Crippen molar-refractivity contribution in [3.8, 4) is 0 Å². The van der Waals surface area contributed by atoms with E-state index >= 15 is 0 Å². The molecule has 2 fully saturated rings. The van der Waals surface area contributed by atoms with E-state index in [0.29, 0.717) is 24.8 Å². The highest BCUT2D eigenvalue weighted by molar-refractivity contribution is 5.75. The molecule has 2 rings (SSSR count). The minimum Gasteiger partial charge on any atom is -0.481 e. The predicted molar refractivity (Wildman–Crippen MR) is 78.1 cm³/mol. The normalized spacial score (nSPS) is 23.6. The summed E-state index contributed by atoms with van der Waals surface area (Å²) in [4.78, 5) is 26.9. The van der Waals surface area contributed by atoms with Gasteiger partial charge >= 0.3 is 12.0 Å². The number of piperidine rings is 1. The first-order valence-corrected chi connectivity index (χ1v) is 7.84. The van der Waals surface area contributed by atoms with E-state index in [2.05, 4.69) is 0 Å². The van der Waals surface area contributed by atoms with E-state index in [-0.39, 0.29) is 12.5 Å². The van der Waals surface area contributed by atoms with E-state index in [9.17, 15) is 9.59 Å². The first-order chi connectivity index (χ1) is 10.1. The van der Waals surface area contributed by atoms with Crippen LogP contribution in [0.3, 0.4) is 0 Å². The van der Waals surface area contributed by atoms with Gasteiger partial charge in [-0.25, -0.2) is 4.79 Å². The minimum atomic E-state index is -0.750. The van der Waals surface area contributed by atoms with Crippen molar-refractivity contribution in [3.05, 3.63) is 0 Å². The smallest absolute Gasteiger partial charge is 0.320 e. The minimum absolute atomic E-state index is 0.128. The summed E-state index contributed by atoms with van der Waals surface area (Å²) >= 11 is 0. The van der Waals surface area contributed by atoms with E-state index < -0.39 is 5.97 Å². The van der Waals surface area contributed by atoms with Gasteiger partial charge in [-0.05, 0) is 37.5 Å². The van der Waals surface area contributed by atoms with Gasteiger partial charge in [0.05, 0.1) is 0 Å². The molecular weight excluding hydrogens is 272 g/mol. The topological polar surface area (TPSA) is 70.1 Å².